The number of halogens is 1. The number of fused-ring (bicyclic) bond motifs is 1. The van der Waals surface area contributed by atoms with Gasteiger partial charge in [0.05, 0.1) is 11.5 Å². The lowest BCUT2D eigenvalue weighted by molar-refractivity contribution is 0.639. The lowest BCUT2D eigenvalue weighted by Gasteiger charge is -2.24. The molecule has 0 bridgehead atoms. The highest BCUT2D eigenvalue weighted by atomic mass is 32.2. The van der Waals surface area contributed by atoms with Crippen LogP contribution in [-0.2, 0) is 6.42 Å². The van der Waals surface area contributed by atoms with Gasteiger partial charge in [0.2, 0.25) is 0 Å². The number of benzene rings is 2. The van der Waals surface area contributed by atoms with E-state index >= 15 is 0 Å². The van der Waals surface area contributed by atoms with Crippen molar-refractivity contribution in [1.82, 2.24) is 0 Å². The van der Waals surface area contributed by atoms with E-state index in [0.717, 1.165) is 24.2 Å². The van der Waals surface area contributed by atoms with Crippen LogP contribution in [0.4, 0.5) is 10.1 Å². The molecule has 2 aromatic rings. The molecule has 0 spiro atoms. The number of anilines is 1. The van der Waals surface area contributed by atoms with E-state index in [2.05, 4.69) is 63.6 Å². The van der Waals surface area contributed by atoms with Gasteiger partial charge in [0.15, 0.2) is 0 Å². The van der Waals surface area contributed by atoms with Gasteiger partial charge in [0.1, 0.15) is 0 Å². The topological polar surface area (TPSA) is 12.0 Å². The third-order valence-corrected chi connectivity index (χ3v) is 6.41. The fraction of sp³-hybridized carbons (Fsp3) is 0.360. The maximum atomic E-state index is 13.7. The molecule has 148 valence electrons. The van der Waals surface area contributed by atoms with Gasteiger partial charge in [0, 0.05) is 11.3 Å². The van der Waals surface area contributed by atoms with Gasteiger partial charge in [-0.3, -0.25) is 0 Å². The van der Waals surface area contributed by atoms with Crippen molar-refractivity contribution < 1.29 is 4.39 Å². The first-order valence-electron chi connectivity index (χ1n) is 9.99. The minimum Gasteiger partial charge on any atom is -0.329 e. The normalized spacial score (nSPS) is 14.6. The first kappa shape index (κ1) is 20.7. The minimum absolute atomic E-state index is 0.144. The zero-order valence-electron chi connectivity index (χ0n) is 17.8. The summed E-state index contributed by atoms with van der Waals surface area (Å²) in [6.45, 7) is 12.5. The average molecular weight is 396 g/mol. The van der Waals surface area contributed by atoms with Crippen molar-refractivity contribution in [3.63, 3.8) is 0 Å². The average Bonchev–Trinajstić information content (AvgIpc) is 2.80. The van der Waals surface area contributed by atoms with Gasteiger partial charge in [0.25, 0.3) is 0 Å². The molecule has 28 heavy (non-hydrogen) atoms. The van der Waals surface area contributed by atoms with E-state index in [1.165, 1.54) is 57.1 Å². The van der Waals surface area contributed by atoms with Crippen molar-refractivity contribution in [2.24, 2.45) is 0 Å². The van der Waals surface area contributed by atoms with Crippen LogP contribution in [0.3, 0.4) is 0 Å². The Hall–Kier alpha value is -2.00. The summed E-state index contributed by atoms with van der Waals surface area (Å²) in [6.07, 6.45) is 3.84. The van der Waals surface area contributed by atoms with E-state index in [9.17, 15) is 4.39 Å². The van der Waals surface area contributed by atoms with E-state index in [-0.39, 0.29) is 5.83 Å². The van der Waals surface area contributed by atoms with Gasteiger partial charge in [-0.1, -0.05) is 43.2 Å². The Balaban J connectivity index is 2.37. The Morgan fingerprint density at radius 1 is 1.07 bits per heavy atom. The molecule has 0 saturated heterocycles. The summed E-state index contributed by atoms with van der Waals surface area (Å²) in [4.78, 5) is 0. The second-order valence-corrected chi connectivity index (χ2v) is 8.52. The fourth-order valence-corrected chi connectivity index (χ4v) is 5.11. The molecule has 1 heterocycles. The van der Waals surface area contributed by atoms with E-state index in [1.54, 1.807) is 18.0 Å². The smallest absolute Gasteiger partial charge is 0.0971 e. The monoisotopic (exact) mass is 395 g/mol. The van der Waals surface area contributed by atoms with Crippen LogP contribution in [0.5, 0.6) is 0 Å². The summed E-state index contributed by atoms with van der Waals surface area (Å²) in [6, 6.07) is 8.83. The molecule has 1 aliphatic heterocycles. The predicted molar refractivity (Wildman–Crippen MR) is 124 cm³/mol. The molecule has 1 N–H and O–H groups in total. The molecule has 3 heteroatoms. The van der Waals surface area contributed by atoms with Crippen LogP contribution in [0.1, 0.15) is 55.0 Å². The van der Waals surface area contributed by atoms with Gasteiger partial charge in [-0.2, -0.15) is 0 Å². The molecular weight excluding hydrogens is 365 g/mol. The highest BCUT2D eigenvalue weighted by Gasteiger charge is 2.24. The van der Waals surface area contributed by atoms with Crippen LogP contribution in [0, 0.1) is 20.8 Å². The first-order valence-corrected chi connectivity index (χ1v) is 11.0. The van der Waals surface area contributed by atoms with Gasteiger partial charge >= 0.3 is 0 Å². The van der Waals surface area contributed by atoms with Crippen molar-refractivity contribution in [3.05, 3.63) is 69.6 Å². The summed E-state index contributed by atoms with van der Waals surface area (Å²) < 4.78 is 17.3. The lowest BCUT2D eigenvalue weighted by Crippen LogP contribution is -2.05. The second-order valence-electron chi connectivity index (χ2n) is 7.74. The fourth-order valence-electron chi connectivity index (χ4n) is 4.18. The number of allylic oxidation sites excluding steroid dienone is 3. The van der Waals surface area contributed by atoms with Crippen LogP contribution < -0.4 is 4.72 Å². The Bertz CT molecular complexity index is 948. The number of aryl methyl sites for hydroxylation is 1. The maximum absolute atomic E-state index is 13.7. The molecule has 0 aromatic heterocycles. The quantitative estimate of drug-likeness (QED) is 0.527. The van der Waals surface area contributed by atoms with Gasteiger partial charge < -0.3 is 4.72 Å². The number of nitrogens with one attached hydrogen (secondary N) is 1. The standard InChI is InChI=1S/C25H30FNS/c1-7-8-22-18(5)25-23(17(4)21(13-16(3)26)14-28-27-25)19(6)24(22)20-11-9-15(2)10-12-20/h9-13,27H,7-8,14H2,1-6H3/b16-13+. The Kier molecular flexibility index (Phi) is 6.34. The summed E-state index contributed by atoms with van der Waals surface area (Å²) >= 11 is 1.65. The molecule has 0 saturated carbocycles. The van der Waals surface area contributed by atoms with Crippen LogP contribution in [0.25, 0.3) is 16.7 Å². The van der Waals surface area contributed by atoms with E-state index in [4.69, 9.17) is 0 Å². The molecule has 3 rings (SSSR count). The van der Waals surface area contributed by atoms with Crippen molar-refractivity contribution in [3.8, 4) is 11.1 Å². The van der Waals surface area contributed by atoms with Crippen LogP contribution in [0.15, 0.2) is 41.7 Å². The molecule has 0 atom stereocenters. The Morgan fingerprint density at radius 2 is 1.75 bits per heavy atom. The molecule has 1 nitrogen and oxygen atoms in total. The van der Waals surface area contributed by atoms with Gasteiger partial charge in [-0.15, -0.1) is 0 Å². The van der Waals surface area contributed by atoms with E-state index in [1.807, 2.05) is 0 Å². The van der Waals surface area contributed by atoms with Crippen molar-refractivity contribution in [1.29, 1.82) is 0 Å². The zero-order valence-corrected chi connectivity index (χ0v) is 18.6. The minimum atomic E-state index is -0.144. The SMILES string of the molecule is CCCc1c(C)c2c(c(C)c1-c1ccc(C)cc1)C(C)=C(/C=C(\C)F)CSN2. The molecule has 0 radical (unpaired) electrons. The van der Waals surface area contributed by atoms with Crippen LogP contribution >= 0.6 is 11.9 Å². The Labute approximate surface area is 173 Å². The largest absolute Gasteiger partial charge is 0.329 e. The Morgan fingerprint density at radius 3 is 2.36 bits per heavy atom. The number of rotatable bonds is 4. The molecule has 0 unspecified atom stereocenters. The summed E-state index contributed by atoms with van der Waals surface area (Å²) in [5, 5.41) is 0. The lowest BCUT2D eigenvalue weighted by atomic mass is 9.82. The van der Waals surface area contributed by atoms with Crippen molar-refractivity contribution in [2.75, 3.05) is 10.5 Å². The number of hydrogen-bond acceptors (Lipinski definition) is 2. The van der Waals surface area contributed by atoms with E-state index < -0.39 is 0 Å². The highest BCUT2D eigenvalue weighted by molar-refractivity contribution is 8.00. The third-order valence-electron chi connectivity index (χ3n) is 5.60. The van der Waals surface area contributed by atoms with Gasteiger partial charge in [-0.25, -0.2) is 4.39 Å². The molecule has 0 aliphatic carbocycles. The number of hydrogen-bond donors (Lipinski definition) is 1. The predicted octanol–water partition coefficient (Wildman–Crippen LogP) is 7.95. The highest BCUT2D eigenvalue weighted by Crippen LogP contribution is 2.45. The van der Waals surface area contributed by atoms with Crippen molar-refractivity contribution >= 4 is 23.2 Å². The zero-order chi connectivity index (χ0) is 20.4. The van der Waals surface area contributed by atoms with Crippen molar-refractivity contribution in [2.45, 2.75) is 54.4 Å². The summed E-state index contributed by atoms with van der Waals surface area (Å²) in [5.41, 5.74) is 12.5. The van der Waals surface area contributed by atoms with Gasteiger partial charge in [-0.05, 0) is 98.0 Å². The maximum Gasteiger partial charge on any atom is 0.0971 e. The summed E-state index contributed by atoms with van der Waals surface area (Å²) in [7, 11) is 0. The first-order chi connectivity index (χ1) is 13.3. The second kappa shape index (κ2) is 8.57. The molecule has 0 amide bonds. The molecule has 0 fully saturated rings. The molecular formula is C25H30FNS. The summed E-state index contributed by atoms with van der Waals surface area (Å²) in [5.74, 6) is 0.609. The molecule has 2 aromatic carbocycles. The van der Waals surface area contributed by atoms with E-state index in [0.29, 0.717) is 0 Å². The third kappa shape index (κ3) is 3.91. The molecule has 1 aliphatic rings. The van der Waals surface area contributed by atoms with Crippen LogP contribution in [0.2, 0.25) is 0 Å². The van der Waals surface area contributed by atoms with Crippen LogP contribution in [-0.4, -0.2) is 5.75 Å².